The molecule has 0 bridgehead atoms. The molecule has 1 aromatic carbocycles. The molecule has 0 atom stereocenters. The van der Waals surface area contributed by atoms with Crippen LogP contribution >= 0.6 is 11.8 Å². The van der Waals surface area contributed by atoms with E-state index in [1.165, 1.54) is 11.8 Å². The van der Waals surface area contributed by atoms with Crippen LogP contribution in [0.3, 0.4) is 0 Å². The lowest BCUT2D eigenvalue weighted by molar-refractivity contribution is 0.405. The van der Waals surface area contributed by atoms with Gasteiger partial charge in [-0.1, -0.05) is 12.1 Å². The number of nitrogens with two attached hydrogens (primary N) is 1. The highest BCUT2D eigenvalue weighted by Crippen LogP contribution is 2.27. The van der Waals surface area contributed by atoms with Crippen molar-refractivity contribution in [3.63, 3.8) is 0 Å². The first kappa shape index (κ1) is 8.93. The molecule has 3 N–H and O–H groups in total. The summed E-state index contributed by atoms with van der Waals surface area (Å²) in [5, 5.41) is 7.16. The molecule has 3 nitrogen and oxygen atoms in total. The number of thioether (sulfide) groups is 1. The number of benzene rings is 1. The monoisotopic (exact) mass is 182 g/mol. The van der Waals surface area contributed by atoms with Crippen molar-refractivity contribution >= 4 is 16.9 Å². The third kappa shape index (κ3) is 2.17. The second kappa shape index (κ2) is 4.01. The Morgan fingerprint density at radius 3 is 2.75 bits per heavy atom. The third-order valence-electron chi connectivity index (χ3n) is 1.29. The molecule has 12 heavy (non-hydrogen) atoms. The van der Waals surface area contributed by atoms with Crippen molar-refractivity contribution in [1.29, 1.82) is 5.41 Å². The number of para-hydroxylation sites is 1. The number of hydrogen-bond acceptors (Lipinski definition) is 3. The maximum Gasteiger partial charge on any atom is 0.156 e. The molecule has 0 fully saturated rings. The Labute approximate surface area is 75.4 Å². The van der Waals surface area contributed by atoms with Crippen molar-refractivity contribution < 1.29 is 4.74 Å². The average Bonchev–Trinajstić information content (AvgIpc) is 2.04. The Hall–Kier alpha value is -1.16. The maximum atomic E-state index is 7.09. The van der Waals surface area contributed by atoms with Crippen molar-refractivity contribution in [1.82, 2.24) is 0 Å². The molecule has 0 heterocycles. The Bertz CT molecular complexity index is 288. The lowest BCUT2D eigenvalue weighted by atomic mass is 10.3. The normalized spacial score (nSPS) is 9.42. The lowest BCUT2D eigenvalue weighted by Gasteiger charge is -2.05. The van der Waals surface area contributed by atoms with E-state index in [0.29, 0.717) is 0 Å². The van der Waals surface area contributed by atoms with Crippen LogP contribution in [0.2, 0.25) is 0 Å². The van der Waals surface area contributed by atoms with Gasteiger partial charge in [-0.3, -0.25) is 5.41 Å². The Balaban J connectivity index is 2.89. The summed E-state index contributed by atoms with van der Waals surface area (Å²) in [6, 6.07) is 7.47. The molecule has 1 aromatic rings. The van der Waals surface area contributed by atoms with E-state index in [0.717, 1.165) is 10.6 Å². The van der Waals surface area contributed by atoms with Crippen LogP contribution in [0.1, 0.15) is 0 Å². The minimum absolute atomic E-state index is 0.0690. The highest BCUT2D eigenvalue weighted by molar-refractivity contribution is 8.13. The topological polar surface area (TPSA) is 59.1 Å². The number of ether oxygens (including phenoxy) is 1. The second-order valence-corrected chi connectivity index (χ2v) is 3.20. The van der Waals surface area contributed by atoms with E-state index < -0.39 is 0 Å². The van der Waals surface area contributed by atoms with Crippen molar-refractivity contribution in [3.05, 3.63) is 24.3 Å². The zero-order chi connectivity index (χ0) is 8.97. The van der Waals surface area contributed by atoms with Crippen LogP contribution in [0.4, 0.5) is 0 Å². The first-order chi connectivity index (χ1) is 5.74. The summed E-state index contributed by atoms with van der Waals surface area (Å²) in [6.45, 7) is 0. The number of nitrogens with one attached hydrogen (secondary N) is 1. The highest BCUT2D eigenvalue weighted by atomic mass is 32.2. The Kier molecular flexibility index (Phi) is 2.99. The molecule has 0 aliphatic carbocycles. The molecular weight excluding hydrogens is 172 g/mol. The molecule has 64 valence electrons. The molecule has 0 spiro atoms. The summed E-state index contributed by atoms with van der Waals surface area (Å²) in [5.74, 6) is 0.748. The van der Waals surface area contributed by atoms with E-state index in [1.54, 1.807) is 7.11 Å². The zero-order valence-electron chi connectivity index (χ0n) is 6.70. The van der Waals surface area contributed by atoms with Gasteiger partial charge in [0.15, 0.2) is 5.17 Å². The summed E-state index contributed by atoms with van der Waals surface area (Å²) in [5.41, 5.74) is 5.24. The van der Waals surface area contributed by atoms with E-state index in [1.807, 2.05) is 24.3 Å². The summed E-state index contributed by atoms with van der Waals surface area (Å²) < 4.78 is 5.07. The SMILES string of the molecule is COc1ccccc1SC(=N)N. The molecule has 1 rings (SSSR count). The van der Waals surface area contributed by atoms with Crippen LogP contribution in [0, 0.1) is 5.41 Å². The molecule has 0 amide bonds. The first-order valence-corrected chi connectivity index (χ1v) is 4.20. The van der Waals surface area contributed by atoms with E-state index in [2.05, 4.69) is 0 Å². The van der Waals surface area contributed by atoms with Crippen LogP contribution in [0.5, 0.6) is 5.75 Å². The van der Waals surface area contributed by atoms with Gasteiger partial charge in [-0.15, -0.1) is 0 Å². The van der Waals surface area contributed by atoms with Gasteiger partial charge in [-0.2, -0.15) is 0 Å². The van der Waals surface area contributed by atoms with Gasteiger partial charge >= 0.3 is 0 Å². The highest BCUT2D eigenvalue weighted by Gasteiger charge is 2.02. The fourth-order valence-corrected chi connectivity index (χ4v) is 1.46. The Morgan fingerprint density at radius 2 is 2.17 bits per heavy atom. The van der Waals surface area contributed by atoms with Crippen molar-refractivity contribution in [2.45, 2.75) is 4.90 Å². The van der Waals surface area contributed by atoms with Gasteiger partial charge in [0.25, 0.3) is 0 Å². The molecular formula is C8H10N2OS. The molecule has 0 unspecified atom stereocenters. The summed E-state index contributed by atoms with van der Waals surface area (Å²) in [4.78, 5) is 0.868. The number of amidine groups is 1. The summed E-state index contributed by atoms with van der Waals surface area (Å²) in [6.07, 6.45) is 0. The average molecular weight is 182 g/mol. The predicted octanol–water partition coefficient (Wildman–Crippen LogP) is 1.68. The molecule has 0 radical (unpaired) electrons. The van der Waals surface area contributed by atoms with Crippen molar-refractivity contribution in [2.24, 2.45) is 5.73 Å². The quantitative estimate of drug-likeness (QED) is 0.415. The van der Waals surface area contributed by atoms with E-state index in [4.69, 9.17) is 15.9 Å². The standard InChI is InChI=1S/C8H10N2OS/c1-11-6-4-2-3-5-7(6)12-8(9)10/h2-5H,1H3,(H3,9,10). The van der Waals surface area contributed by atoms with E-state index in [-0.39, 0.29) is 5.17 Å². The molecule has 4 heteroatoms. The fraction of sp³-hybridized carbons (Fsp3) is 0.125. The van der Waals surface area contributed by atoms with Crippen LogP contribution in [0.25, 0.3) is 0 Å². The molecule has 0 saturated heterocycles. The van der Waals surface area contributed by atoms with Gasteiger partial charge in [0.1, 0.15) is 5.75 Å². The first-order valence-electron chi connectivity index (χ1n) is 3.39. The fourth-order valence-electron chi connectivity index (χ4n) is 0.822. The molecule has 0 aliphatic heterocycles. The zero-order valence-corrected chi connectivity index (χ0v) is 7.52. The van der Waals surface area contributed by atoms with Crippen molar-refractivity contribution in [2.75, 3.05) is 7.11 Å². The maximum absolute atomic E-state index is 7.09. The molecule has 0 saturated carbocycles. The van der Waals surface area contributed by atoms with Crippen molar-refractivity contribution in [3.8, 4) is 5.75 Å². The van der Waals surface area contributed by atoms with Crippen LogP contribution in [-0.4, -0.2) is 12.3 Å². The minimum Gasteiger partial charge on any atom is -0.496 e. The number of methoxy groups -OCH3 is 1. The van der Waals surface area contributed by atoms with Gasteiger partial charge in [-0.25, -0.2) is 0 Å². The smallest absolute Gasteiger partial charge is 0.156 e. The van der Waals surface area contributed by atoms with Crippen LogP contribution < -0.4 is 10.5 Å². The van der Waals surface area contributed by atoms with Gasteiger partial charge in [0, 0.05) is 0 Å². The Morgan fingerprint density at radius 1 is 1.50 bits per heavy atom. The van der Waals surface area contributed by atoms with Gasteiger partial charge < -0.3 is 10.5 Å². The predicted molar refractivity (Wildman–Crippen MR) is 50.8 cm³/mol. The molecule has 0 aromatic heterocycles. The second-order valence-electron chi connectivity index (χ2n) is 2.12. The summed E-state index contributed by atoms with van der Waals surface area (Å²) in [7, 11) is 1.60. The van der Waals surface area contributed by atoms with Gasteiger partial charge in [-0.05, 0) is 23.9 Å². The number of hydrogen-bond donors (Lipinski definition) is 2. The van der Waals surface area contributed by atoms with Crippen LogP contribution in [0.15, 0.2) is 29.2 Å². The minimum atomic E-state index is 0.0690. The van der Waals surface area contributed by atoms with E-state index in [9.17, 15) is 0 Å². The van der Waals surface area contributed by atoms with Gasteiger partial charge in [0.2, 0.25) is 0 Å². The number of rotatable bonds is 2. The van der Waals surface area contributed by atoms with Gasteiger partial charge in [0.05, 0.1) is 12.0 Å². The molecule has 0 aliphatic rings. The lowest BCUT2D eigenvalue weighted by Crippen LogP contribution is -2.03. The largest absolute Gasteiger partial charge is 0.496 e. The summed E-state index contributed by atoms with van der Waals surface area (Å²) >= 11 is 1.19. The third-order valence-corrected chi connectivity index (χ3v) is 2.07. The van der Waals surface area contributed by atoms with E-state index >= 15 is 0 Å². The van der Waals surface area contributed by atoms with Crippen LogP contribution in [-0.2, 0) is 0 Å².